The van der Waals surface area contributed by atoms with Gasteiger partial charge < -0.3 is 9.64 Å². The summed E-state index contributed by atoms with van der Waals surface area (Å²) in [4.78, 5) is 19.0. The number of nitrogens with one attached hydrogen (secondary N) is 1. The van der Waals surface area contributed by atoms with E-state index in [1.54, 1.807) is 6.20 Å². The smallest absolute Gasteiger partial charge is 0.274 e. The third-order valence-corrected chi connectivity index (χ3v) is 4.87. The first kappa shape index (κ1) is 15.3. The van der Waals surface area contributed by atoms with Crippen LogP contribution in [0.25, 0.3) is 0 Å². The second kappa shape index (κ2) is 6.73. The molecule has 0 radical (unpaired) electrons. The summed E-state index contributed by atoms with van der Waals surface area (Å²) in [5.74, 6) is 0.0422. The molecule has 6 heteroatoms. The maximum absolute atomic E-state index is 12.8. The summed E-state index contributed by atoms with van der Waals surface area (Å²) in [6, 6.07) is 5.81. The van der Waals surface area contributed by atoms with E-state index >= 15 is 0 Å². The zero-order valence-corrected chi connectivity index (χ0v) is 13.7. The Kier molecular flexibility index (Phi) is 4.30. The number of H-pyrrole nitrogens is 1. The van der Waals surface area contributed by atoms with E-state index < -0.39 is 0 Å². The Balaban J connectivity index is 1.38. The lowest BCUT2D eigenvalue weighted by Gasteiger charge is -2.32. The number of aromatic amines is 1. The highest BCUT2D eigenvalue weighted by molar-refractivity contribution is 5.94. The molecule has 0 saturated carbocycles. The van der Waals surface area contributed by atoms with Crippen molar-refractivity contribution in [2.24, 2.45) is 0 Å². The van der Waals surface area contributed by atoms with Gasteiger partial charge in [0.1, 0.15) is 0 Å². The lowest BCUT2D eigenvalue weighted by Crippen LogP contribution is -2.43. The van der Waals surface area contributed by atoms with E-state index in [2.05, 4.69) is 15.2 Å². The van der Waals surface area contributed by atoms with Gasteiger partial charge in [-0.05, 0) is 44.2 Å². The minimum atomic E-state index is 0.0422. The van der Waals surface area contributed by atoms with Gasteiger partial charge in [0.05, 0.1) is 18.4 Å². The highest BCUT2D eigenvalue weighted by Crippen LogP contribution is 2.25. The highest BCUT2D eigenvalue weighted by Gasteiger charge is 2.30. The molecule has 1 atom stereocenters. The van der Waals surface area contributed by atoms with Gasteiger partial charge in [-0.1, -0.05) is 6.07 Å². The van der Waals surface area contributed by atoms with E-state index in [9.17, 15) is 4.79 Å². The number of likely N-dealkylation sites (tertiary alicyclic amines) is 1. The standard InChI is InChI=1S/C18H22N4O2/c23-18(17-15-7-3-8-16(15)20-21-17)22-10-4-6-14(11-22)24-12-13-5-1-2-9-19-13/h1-2,5,9,14H,3-4,6-8,10-12H2,(H,20,21). The highest BCUT2D eigenvalue weighted by atomic mass is 16.5. The number of piperidine rings is 1. The molecule has 1 aliphatic carbocycles. The van der Waals surface area contributed by atoms with E-state index in [1.165, 1.54) is 0 Å². The summed E-state index contributed by atoms with van der Waals surface area (Å²) in [7, 11) is 0. The van der Waals surface area contributed by atoms with Crippen molar-refractivity contribution in [1.29, 1.82) is 0 Å². The van der Waals surface area contributed by atoms with Crippen molar-refractivity contribution < 1.29 is 9.53 Å². The van der Waals surface area contributed by atoms with Crippen LogP contribution in [0.3, 0.4) is 0 Å². The van der Waals surface area contributed by atoms with Gasteiger partial charge in [0.25, 0.3) is 5.91 Å². The number of ether oxygens (including phenoxy) is 1. The molecule has 0 aromatic carbocycles. The number of rotatable bonds is 4. The topological polar surface area (TPSA) is 71.1 Å². The summed E-state index contributed by atoms with van der Waals surface area (Å²) in [5, 5.41) is 7.29. The summed E-state index contributed by atoms with van der Waals surface area (Å²) in [6.45, 7) is 1.91. The number of carbonyl (C=O) groups excluding carboxylic acids is 1. The average molecular weight is 326 g/mol. The SMILES string of the molecule is O=C(c1n[nH]c2c1CCC2)N1CCCC(OCc2ccccn2)C1. The molecule has 0 bridgehead atoms. The van der Waals surface area contributed by atoms with E-state index in [-0.39, 0.29) is 12.0 Å². The van der Waals surface area contributed by atoms with Crippen molar-refractivity contribution in [3.8, 4) is 0 Å². The number of nitrogens with zero attached hydrogens (tertiary/aromatic N) is 3. The summed E-state index contributed by atoms with van der Waals surface area (Å²) in [5.41, 5.74) is 3.80. The second-order valence-electron chi connectivity index (χ2n) is 6.53. The maximum atomic E-state index is 12.8. The van der Waals surface area contributed by atoms with E-state index in [1.807, 2.05) is 23.1 Å². The van der Waals surface area contributed by atoms with Crippen LogP contribution in [0.5, 0.6) is 0 Å². The summed E-state index contributed by atoms with van der Waals surface area (Å²) >= 11 is 0. The third-order valence-electron chi connectivity index (χ3n) is 4.87. The minimum absolute atomic E-state index is 0.0422. The molecular weight excluding hydrogens is 304 g/mol. The molecule has 0 spiro atoms. The first-order valence-electron chi connectivity index (χ1n) is 8.68. The van der Waals surface area contributed by atoms with Gasteiger partial charge >= 0.3 is 0 Å². The molecule has 1 amide bonds. The minimum Gasteiger partial charge on any atom is -0.370 e. The van der Waals surface area contributed by atoms with Crippen LogP contribution in [0.15, 0.2) is 24.4 Å². The molecule has 24 heavy (non-hydrogen) atoms. The molecule has 4 rings (SSSR count). The van der Waals surface area contributed by atoms with Gasteiger partial charge in [0, 0.05) is 30.5 Å². The Bertz CT molecular complexity index is 713. The van der Waals surface area contributed by atoms with Crippen molar-refractivity contribution in [1.82, 2.24) is 20.1 Å². The predicted octanol–water partition coefficient (Wildman–Crippen LogP) is 2.11. The van der Waals surface area contributed by atoms with Crippen LogP contribution in [0.2, 0.25) is 0 Å². The molecule has 1 fully saturated rings. The number of pyridine rings is 1. The van der Waals surface area contributed by atoms with Crippen LogP contribution in [-0.4, -0.2) is 45.2 Å². The molecule has 6 nitrogen and oxygen atoms in total. The second-order valence-corrected chi connectivity index (χ2v) is 6.53. The molecule has 2 aliphatic rings. The van der Waals surface area contributed by atoms with Crippen LogP contribution >= 0.6 is 0 Å². The molecule has 2 aromatic rings. The normalized spacial score (nSPS) is 20.2. The van der Waals surface area contributed by atoms with Gasteiger partial charge in [-0.25, -0.2) is 0 Å². The van der Waals surface area contributed by atoms with Crippen LogP contribution in [0.1, 0.15) is 46.7 Å². The van der Waals surface area contributed by atoms with Gasteiger partial charge in [0.15, 0.2) is 5.69 Å². The van der Waals surface area contributed by atoms with E-state index in [0.29, 0.717) is 18.8 Å². The largest absolute Gasteiger partial charge is 0.370 e. The number of fused-ring (bicyclic) bond motifs is 1. The molecule has 126 valence electrons. The quantitative estimate of drug-likeness (QED) is 0.934. The number of carbonyl (C=O) groups is 1. The molecule has 1 aliphatic heterocycles. The Morgan fingerprint density at radius 2 is 2.29 bits per heavy atom. The summed E-state index contributed by atoms with van der Waals surface area (Å²) < 4.78 is 5.97. The monoisotopic (exact) mass is 326 g/mol. The zero-order chi connectivity index (χ0) is 16.4. The zero-order valence-electron chi connectivity index (χ0n) is 13.7. The fourth-order valence-corrected chi connectivity index (χ4v) is 3.59. The molecule has 1 unspecified atom stereocenters. The van der Waals surface area contributed by atoms with Crippen LogP contribution in [0.4, 0.5) is 0 Å². The number of aromatic nitrogens is 3. The summed E-state index contributed by atoms with van der Waals surface area (Å²) in [6.07, 6.45) is 6.86. The molecule has 1 N–H and O–H groups in total. The van der Waals surface area contributed by atoms with Gasteiger partial charge in [-0.15, -0.1) is 0 Å². The van der Waals surface area contributed by atoms with Crippen molar-refractivity contribution in [3.05, 3.63) is 47.0 Å². The fourth-order valence-electron chi connectivity index (χ4n) is 3.59. The third kappa shape index (κ3) is 3.06. The first-order valence-corrected chi connectivity index (χ1v) is 8.68. The molecule has 3 heterocycles. The Hall–Kier alpha value is -2.21. The maximum Gasteiger partial charge on any atom is 0.274 e. The first-order chi connectivity index (χ1) is 11.8. The fraction of sp³-hybridized carbons (Fsp3) is 0.500. The Morgan fingerprint density at radius 1 is 1.33 bits per heavy atom. The number of amides is 1. The molecular formula is C18H22N4O2. The van der Waals surface area contributed by atoms with Gasteiger partial charge in [-0.2, -0.15) is 5.10 Å². The number of aryl methyl sites for hydroxylation is 1. The van der Waals surface area contributed by atoms with Gasteiger partial charge in [-0.3, -0.25) is 14.9 Å². The van der Waals surface area contributed by atoms with Crippen molar-refractivity contribution in [3.63, 3.8) is 0 Å². The van der Waals surface area contributed by atoms with Crippen molar-refractivity contribution >= 4 is 5.91 Å². The predicted molar refractivity (Wildman–Crippen MR) is 88.6 cm³/mol. The van der Waals surface area contributed by atoms with Crippen LogP contribution in [0, 0.1) is 0 Å². The van der Waals surface area contributed by atoms with Crippen LogP contribution in [-0.2, 0) is 24.2 Å². The average Bonchev–Trinajstić information content (AvgIpc) is 3.24. The Labute approximate surface area is 141 Å². The lowest BCUT2D eigenvalue weighted by atomic mass is 10.1. The van der Waals surface area contributed by atoms with Crippen molar-refractivity contribution in [2.75, 3.05) is 13.1 Å². The van der Waals surface area contributed by atoms with Crippen molar-refractivity contribution in [2.45, 2.75) is 44.8 Å². The van der Waals surface area contributed by atoms with E-state index in [0.717, 1.165) is 55.6 Å². The molecule has 2 aromatic heterocycles. The number of hydrogen-bond acceptors (Lipinski definition) is 4. The van der Waals surface area contributed by atoms with Gasteiger partial charge in [0.2, 0.25) is 0 Å². The Morgan fingerprint density at radius 3 is 3.17 bits per heavy atom. The van der Waals surface area contributed by atoms with Crippen LogP contribution < -0.4 is 0 Å². The molecule has 1 saturated heterocycles. The van der Waals surface area contributed by atoms with E-state index in [4.69, 9.17) is 4.74 Å². The lowest BCUT2D eigenvalue weighted by molar-refractivity contribution is -0.00804. The number of hydrogen-bond donors (Lipinski definition) is 1.